The number of carbonyl (C=O) groups is 3. The smallest absolute Gasteiger partial charge is 0.316 e. The second-order valence-corrected chi connectivity index (χ2v) is 11.6. The topological polar surface area (TPSA) is 78.9 Å². The molecule has 6 heteroatoms. The largest absolute Gasteiger partial charge is 0.493 e. The summed E-state index contributed by atoms with van der Waals surface area (Å²) >= 11 is 0. The number of rotatable bonds is 12. The van der Waals surface area contributed by atoms with Crippen molar-refractivity contribution in [1.82, 2.24) is 0 Å². The molecule has 0 saturated carbocycles. The van der Waals surface area contributed by atoms with E-state index in [-0.39, 0.29) is 11.8 Å². The molecule has 0 radical (unpaired) electrons. The van der Waals surface area contributed by atoms with Gasteiger partial charge in [-0.15, -0.1) is 13.2 Å². The number of benzene rings is 2. The van der Waals surface area contributed by atoms with E-state index in [0.717, 1.165) is 17.5 Å². The van der Waals surface area contributed by atoms with Gasteiger partial charge in [-0.3, -0.25) is 14.4 Å². The Hall–Kier alpha value is -3.93. The Morgan fingerprint density at radius 3 is 1.82 bits per heavy atom. The molecule has 0 fully saturated rings. The van der Waals surface area contributed by atoms with E-state index in [1.165, 1.54) is 6.08 Å². The molecule has 0 aromatic heterocycles. The van der Waals surface area contributed by atoms with Crippen LogP contribution in [0, 0.1) is 10.8 Å². The van der Waals surface area contributed by atoms with Crippen LogP contribution in [0.15, 0.2) is 61.7 Å². The van der Waals surface area contributed by atoms with Gasteiger partial charge in [-0.25, -0.2) is 0 Å². The van der Waals surface area contributed by atoms with Crippen molar-refractivity contribution in [2.45, 2.75) is 67.7 Å². The quantitative estimate of drug-likeness (QED) is 0.0891. The SMILES string of the molecule is C=CCc1cc(CC=C)c(OC(=O)C(C)(C)C)c(/C=C/C(=O)c2ccc(OC(=O)C(C)(C)C)cc2)c1OCCC. The van der Waals surface area contributed by atoms with E-state index >= 15 is 0 Å². The summed E-state index contributed by atoms with van der Waals surface area (Å²) in [5.74, 6) is 0.197. The molecule has 0 unspecified atom stereocenters. The number of hydrogen-bond donors (Lipinski definition) is 0. The molecule has 0 saturated heterocycles. The first-order valence-electron chi connectivity index (χ1n) is 13.5. The summed E-state index contributed by atoms with van der Waals surface area (Å²) in [7, 11) is 0. The zero-order valence-corrected chi connectivity index (χ0v) is 24.9. The zero-order chi connectivity index (χ0) is 30.1. The molecule has 2 aromatic carbocycles. The Labute approximate surface area is 238 Å². The van der Waals surface area contributed by atoms with Crippen LogP contribution in [0.3, 0.4) is 0 Å². The third-order valence-corrected chi connectivity index (χ3v) is 5.77. The van der Waals surface area contributed by atoms with Gasteiger partial charge in [-0.2, -0.15) is 0 Å². The molecule has 40 heavy (non-hydrogen) atoms. The maximum atomic E-state index is 13.2. The summed E-state index contributed by atoms with van der Waals surface area (Å²) in [4.78, 5) is 38.3. The molecule has 0 aliphatic carbocycles. The van der Waals surface area contributed by atoms with Gasteiger partial charge >= 0.3 is 11.9 Å². The summed E-state index contributed by atoms with van der Waals surface area (Å²) in [6.45, 7) is 20.8. The van der Waals surface area contributed by atoms with Gasteiger partial charge in [0.25, 0.3) is 0 Å². The Kier molecular flexibility index (Phi) is 11.2. The number of ether oxygens (including phenoxy) is 3. The predicted octanol–water partition coefficient (Wildman–Crippen LogP) is 7.73. The Bertz CT molecular complexity index is 1270. The molecule has 0 spiro atoms. The van der Waals surface area contributed by atoms with Gasteiger partial charge in [-0.1, -0.05) is 19.1 Å². The van der Waals surface area contributed by atoms with Crippen LogP contribution in [0.1, 0.15) is 81.9 Å². The highest BCUT2D eigenvalue weighted by Gasteiger charge is 2.28. The van der Waals surface area contributed by atoms with Crippen LogP contribution < -0.4 is 14.2 Å². The highest BCUT2D eigenvalue weighted by Crippen LogP contribution is 2.39. The summed E-state index contributed by atoms with van der Waals surface area (Å²) in [6, 6.07) is 8.32. The van der Waals surface area contributed by atoms with Crippen molar-refractivity contribution in [2.24, 2.45) is 10.8 Å². The van der Waals surface area contributed by atoms with Crippen molar-refractivity contribution in [3.63, 3.8) is 0 Å². The van der Waals surface area contributed by atoms with Crippen LogP contribution in [0.5, 0.6) is 17.2 Å². The molecule has 0 N–H and O–H groups in total. The van der Waals surface area contributed by atoms with Crippen LogP contribution in [0.4, 0.5) is 0 Å². The first kappa shape index (κ1) is 32.3. The lowest BCUT2D eigenvalue weighted by Gasteiger charge is -2.23. The maximum Gasteiger partial charge on any atom is 0.316 e. The number of carbonyl (C=O) groups excluding carboxylic acids is 3. The van der Waals surface area contributed by atoms with Crippen molar-refractivity contribution in [3.8, 4) is 17.2 Å². The lowest BCUT2D eigenvalue weighted by atomic mass is 9.95. The first-order chi connectivity index (χ1) is 18.7. The van der Waals surface area contributed by atoms with Crippen molar-refractivity contribution in [2.75, 3.05) is 6.61 Å². The monoisotopic (exact) mass is 546 g/mol. The molecular formula is C34H42O6. The highest BCUT2D eigenvalue weighted by atomic mass is 16.5. The van der Waals surface area contributed by atoms with Crippen LogP contribution in [-0.2, 0) is 22.4 Å². The molecule has 214 valence electrons. The Morgan fingerprint density at radius 1 is 0.800 bits per heavy atom. The van der Waals surface area contributed by atoms with Gasteiger partial charge in [0.15, 0.2) is 5.78 Å². The summed E-state index contributed by atoms with van der Waals surface area (Å²) in [6.07, 6.45) is 8.32. The van der Waals surface area contributed by atoms with Gasteiger partial charge in [0.2, 0.25) is 0 Å². The van der Waals surface area contributed by atoms with Crippen LogP contribution >= 0.6 is 0 Å². The lowest BCUT2D eigenvalue weighted by Crippen LogP contribution is -2.26. The zero-order valence-electron chi connectivity index (χ0n) is 24.9. The van der Waals surface area contributed by atoms with E-state index < -0.39 is 16.8 Å². The lowest BCUT2D eigenvalue weighted by molar-refractivity contribution is -0.143. The van der Waals surface area contributed by atoms with Gasteiger partial charge in [-0.05, 0) is 114 Å². The molecule has 0 heterocycles. The molecule has 6 nitrogen and oxygen atoms in total. The molecule has 0 bridgehead atoms. The number of ketones is 1. The second-order valence-electron chi connectivity index (χ2n) is 11.6. The third-order valence-electron chi connectivity index (χ3n) is 5.77. The molecule has 2 aromatic rings. The van der Waals surface area contributed by atoms with Crippen LogP contribution in [-0.4, -0.2) is 24.3 Å². The van der Waals surface area contributed by atoms with Gasteiger partial charge in [0.05, 0.1) is 23.0 Å². The summed E-state index contributed by atoms with van der Waals surface area (Å²) in [5.41, 5.74) is 1.15. The standard InChI is InChI=1S/C34H42O6/c1-10-13-24-22-25(14-11-2)30(40-32(37)34(7,8)9)27(29(24)38-21-12-3)19-20-28(35)23-15-17-26(18-16-23)39-31(36)33(4,5)6/h10-11,15-20,22H,1-2,12-14,21H2,3-9H3/b20-19+. The minimum absolute atomic E-state index is 0.275. The average Bonchev–Trinajstić information content (AvgIpc) is 2.87. The number of esters is 2. The van der Waals surface area contributed by atoms with Crippen LogP contribution in [0.2, 0.25) is 0 Å². The van der Waals surface area contributed by atoms with Gasteiger partial charge in [0.1, 0.15) is 17.2 Å². The second kappa shape index (κ2) is 13.9. The molecular weight excluding hydrogens is 504 g/mol. The summed E-state index contributed by atoms with van der Waals surface area (Å²) in [5, 5.41) is 0. The van der Waals surface area contributed by atoms with E-state index in [2.05, 4.69) is 13.2 Å². The Morgan fingerprint density at radius 2 is 1.32 bits per heavy atom. The van der Waals surface area contributed by atoms with Gasteiger partial charge in [0, 0.05) is 5.56 Å². The van der Waals surface area contributed by atoms with Crippen molar-refractivity contribution in [1.29, 1.82) is 0 Å². The normalized spacial score (nSPS) is 11.7. The fourth-order valence-electron chi connectivity index (χ4n) is 3.50. The van der Waals surface area contributed by atoms with Crippen LogP contribution in [0.25, 0.3) is 6.08 Å². The van der Waals surface area contributed by atoms with E-state index in [1.807, 2.05) is 13.0 Å². The molecule has 2 rings (SSSR count). The van der Waals surface area contributed by atoms with Crippen molar-refractivity contribution >= 4 is 23.8 Å². The Balaban J connectivity index is 2.58. The van der Waals surface area contributed by atoms with E-state index in [0.29, 0.717) is 47.8 Å². The van der Waals surface area contributed by atoms with E-state index in [1.54, 1.807) is 84.0 Å². The molecule has 0 amide bonds. The van der Waals surface area contributed by atoms with Crippen molar-refractivity contribution in [3.05, 3.63) is 84.0 Å². The molecule has 0 aliphatic rings. The fourth-order valence-corrected chi connectivity index (χ4v) is 3.50. The maximum absolute atomic E-state index is 13.2. The van der Waals surface area contributed by atoms with E-state index in [4.69, 9.17) is 14.2 Å². The molecule has 0 atom stereocenters. The number of hydrogen-bond acceptors (Lipinski definition) is 6. The summed E-state index contributed by atoms with van der Waals surface area (Å²) < 4.78 is 17.5. The van der Waals surface area contributed by atoms with Crippen molar-refractivity contribution < 1.29 is 28.6 Å². The minimum Gasteiger partial charge on any atom is -0.493 e. The number of allylic oxidation sites excluding steroid dienone is 3. The first-order valence-corrected chi connectivity index (χ1v) is 13.5. The molecule has 0 aliphatic heterocycles. The third kappa shape index (κ3) is 8.80. The van der Waals surface area contributed by atoms with E-state index in [9.17, 15) is 14.4 Å². The minimum atomic E-state index is -0.745. The highest BCUT2D eigenvalue weighted by molar-refractivity contribution is 6.07. The fraction of sp³-hybridized carbons (Fsp3) is 0.382. The predicted molar refractivity (Wildman–Crippen MR) is 160 cm³/mol. The average molecular weight is 547 g/mol. The van der Waals surface area contributed by atoms with Gasteiger partial charge < -0.3 is 14.2 Å².